The molecule has 0 saturated heterocycles. The van der Waals surface area contributed by atoms with Crippen LogP contribution >= 0.6 is 0 Å². The van der Waals surface area contributed by atoms with Gasteiger partial charge in [-0.15, -0.1) is 0 Å². The number of nitriles is 1. The highest BCUT2D eigenvalue weighted by Crippen LogP contribution is 2.04. The van der Waals surface area contributed by atoms with Gasteiger partial charge in [-0.1, -0.05) is 30.3 Å². The van der Waals surface area contributed by atoms with Crippen LogP contribution in [0.2, 0.25) is 0 Å². The molecule has 15 heavy (non-hydrogen) atoms. The van der Waals surface area contributed by atoms with Crippen molar-refractivity contribution in [3.8, 4) is 6.07 Å². The Labute approximate surface area is 88.1 Å². The van der Waals surface area contributed by atoms with Gasteiger partial charge in [0.15, 0.2) is 0 Å². The fourth-order valence-corrected chi connectivity index (χ4v) is 1.32. The van der Waals surface area contributed by atoms with Gasteiger partial charge in [-0.3, -0.25) is 0 Å². The first-order valence-corrected chi connectivity index (χ1v) is 4.64. The van der Waals surface area contributed by atoms with Crippen LogP contribution in [0.1, 0.15) is 17.1 Å². The maximum absolute atomic E-state index is 8.69. The molecular weight excluding hydrogens is 186 g/mol. The predicted molar refractivity (Wildman–Crippen MR) is 56.0 cm³/mol. The molecule has 0 aliphatic rings. The van der Waals surface area contributed by atoms with E-state index in [1.807, 2.05) is 36.4 Å². The number of hydrogen-bond donors (Lipinski definition) is 0. The van der Waals surface area contributed by atoms with Gasteiger partial charge < -0.3 is 0 Å². The standard InChI is InChI=1S/C12H9N3/c13-9-11-6-7-14-12(15-11)8-10-4-2-1-3-5-10/h1-7H,8H2. The number of rotatable bonds is 2. The second-order valence-electron chi connectivity index (χ2n) is 3.13. The normalized spacial score (nSPS) is 9.53. The van der Waals surface area contributed by atoms with Gasteiger partial charge in [-0.05, 0) is 11.6 Å². The van der Waals surface area contributed by atoms with Crippen LogP contribution in [0.5, 0.6) is 0 Å². The van der Waals surface area contributed by atoms with Crippen molar-refractivity contribution in [3.05, 3.63) is 59.7 Å². The van der Waals surface area contributed by atoms with Gasteiger partial charge in [0.25, 0.3) is 0 Å². The average molecular weight is 195 g/mol. The van der Waals surface area contributed by atoms with Crippen molar-refractivity contribution in [3.63, 3.8) is 0 Å². The first kappa shape index (κ1) is 9.35. The van der Waals surface area contributed by atoms with Crippen LogP contribution in [-0.2, 0) is 6.42 Å². The molecule has 0 atom stereocenters. The van der Waals surface area contributed by atoms with Crippen molar-refractivity contribution in [1.82, 2.24) is 9.97 Å². The Morgan fingerprint density at radius 2 is 1.93 bits per heavy atom. The minimum absolute atomic E-state index is 0.413. The van der Waals surface area contributed by atoms with E-state index in [1.165, 1.54) is 0 Å². The van der Waals surface area contributed by atoms with Crippen LogP contribution < -0.4 is 0 Å². The zero-order valence-electron chi connectivity index (χ0n) is 8.09. The molecule has 1 aromatic heterocycles. The molecule has 3 heteroatoms. The quantitative estimate of drug-likeness (QED) is 0.735. The molecule has 0 unspecified atom stereocenters. The summed E-state index contributed by atoms with van der Waals surface area (Å²) in [4.78, 5) is 8.23. The lowest BCUT2D eigenvalue weighted by atomic mass is 10.1. The summed E-state index contributed by atoms with van der Waals surface area (Å²) in [5.74, 6) is 0.681. The highest BCUT2D eigenvalue weighted by atomic mass is 14.9. The number of benzene rings is 1. The third kappa shape index (κ3) is 2.38. The summed E-state index contributed by atoms with van der Waals surface area (Å²) in [6, 6.07) is 13.6. The van der Waals surface area contributed by atoms with E-state index in [-0.39, 0.29) is 0 Å². The molecule has 2 aromatic rings. The van der Waals surface area contributed by atoms with E-state index >= 15 is 0 Å². The van der Waals surface area contributed by atoms with Gasteiger partial charge in [0.2, 0.25) is 0 Å². The smallest absolute Gasteiger partial charge is 0.144 e. The van der Waals surface area contributed by atoms with Crippen LogP contribution in [0.25, 0.3) is 0 Å². The Bertz CT molecular complexity index is 486. The molecule has 2 rings (SSSR count). The van der Waals surface area contributed by atoms with E-state index < -0.39 is 0 Å². The second kappa shape index (κ2) is 4.34. The third-order valence-corrected chi connectivity index (χ3v) is 2.03. The molecule has 0 radical (unpaired) electrons. The molecule has 72 valence electrons. The van der Waals surface area contributed by atoms with E-state index in [9.17, 15) is 0 Å². The minimum atomic E-state index is 0.413. The summed E-state index contributed by atoms with van der Waals surface area (Å²) in [6.07, 6.45) is 2.28. The molecule has 0 spiro atoms. The fraction of sp³-hybridized carbons (Fsp3) is 0.0833. The Hall–Kier alpha value is -2.21. The van der Waals surface area contributed by atoms with Crippen molar-refractivity contribution < 1.29 is 0 Å². The largest absolute Gasteiger partial charge is 0.241 e. The van der Waals surface area contributed by atoms with Crippen molar-refractivity contribution in [2.24, 2.45) is 0 Å². The number of aromatic nitrogens is 2. The van der Waals surface area contributed by atoms with Crippen LogP contribution in [-0.4, -0.2) is 9.97 Å². The van der Waals surface area contributed by atoms with Gasteiger partial charge in [0.05, 0.1) is 0 Å². The average Bonchev–Trinajstić information content (AvgIpc) is 2.31. The van der Waals surface area contributed by atoms with Crippen molar-refractivity contribution >= 4 is 0 Å². The van der Waals surface area contributed by atoms with Gasteiger partial charge in [0.1, 0.15) is 17.6 Å². The van der Waals surface area contributed by atoms with E-state index in [0.29, 0.717) is 17.9 Å². The first-order chi connectivity index (χ1) is 7.38. The van der Waals surface area contributed by atoms with Crippen molar-refractivity contribution in [1.29, 1.82) is 5.26 Å². The second-order valence-corrected chi connectivity index (χ2v) is 3.13. The third-order valence-electron chi connectivity index (χ3n) is 2.03. The number of nitrogens with zero attached hydrogens (tertiary/aromatic N) is 3. The Balaban J connectivity index is 2.22. The Kier molecular flexibility index (Phi) is 2.70. The molecule has 1 heterocycles. The summed E-state index contributed by atoms with van der Waals surface area (Å²) < 4.78 is 0. The molecule has 0 aliphatic carbocycles. The lowest BCUT2D eigenvalue weighted by Crippen LogP contribution is -1.97. The molecule has 1 aromatic carbocycles. The maximum Gasteiger partial charge on any atom is 0.144 e. The molecule has 0 fully saturated rings. The van der Waals surface area contributed by atoms with Gasteiger partial charge in [-0.2, -0.15) is 5.26 Å². The van der Waals surface area contributed by atoms with E-state index in [1.54, 1.807) is 12.3 Å². The minimum Gasteiger partial charge on any atom is -0.241 e. The summed E-state index contributed by atoms with van der Waals surface area (Å²) in [5, 5.41) is 8.69. The van der Waals surface area contributed by atoms with Crippen LogP contribution in [0.4, 0.5) is 0 Å². The lowest BCUT2D eigenvalue weighted by Gasteiger charge is -1.99. The zero-order chi connectivity index (χ0) is 10.5. The van der Waals surface area contributed by atoms with Gasteiger partial charge in [-0.25, -0.2) is 9.97 Å². The van der Waals surface area contributed by atoms with E-state index in [2.05, 4.69) is 9.97 Å². The molecule has 0 bridgehead atoms. The van der Waals surface area contributed by atoms with Gasteiger partial charge >= 0.3 is 0 Å². The van der Waals surface area contributed by atoms with E-state index in [4.69, 9.17) is 5.26 Å². The summed E-state index contributed by atoms with van der Waals surface area (Å²) in [7, 11) is 0. The summed E-state index contributed by atoms with van der Waals surface area (Å²) in [6.45, 7) is 0. The highest BCUT2D eigenvalue weighted by Gasteiger charge is 1.99. The molecule has 0 saturated carbocycles. The maximum atomic E-state index is 8.69. The first-order valence-electron chi connectivity index (χ1n) is 4.64. The topological polar surface area (TPSA) is 49.6 Å². The van der Waals surface area contributed by atoms with Crippen LogP contribution in [0, 0.1) is 11.3 Å². The van der Waals surface area contributed by atoms with Crippen molar-refractivity contribution in [2.45, 2.75) is 6.42 Å². The molecule has 0 N–H and O–H groups in total. The van der Waals surface area contributed by atoms with Crippen molar-refractivity contribution in [2.75, 3.05) is 0 Å². The summed E-state index contributed by atoms with van der Waals surface area (Å²) >= 11 is 0. The number of hydrogen-bond acceptors (Lipinski definition) is 3. The monoisotopic (exact) mass is 195 g/mol. The Morgan fingerprint density at radius 1 is 1.13 bits per heavy atom. The summed E-state index contributed by atoms with van der Waals surface area (Å²) in [5.41, 5.74) is 1.56. The highest BCUT2D eigenvalue weighted by molar-refractivity contribution is 5.22. The predicted octanol–water partition coefficient (Wildman–Crippen LogP) is 1.94. The molecule has 3 nitrogen and oxygen atoms in total. The molecule has 0 aliphatic heterocycles. The fourth-order valence-electron chi connectivity index (χ4n) is 1.32. The van der Waals surface area contributed by atoms with Gasteiger partial charge in [0, 0.05) is 12.6 Å². The molecule has 0 amide bonds. The SMILES string of the molecule is N#Cc1ccnc(Cc2ccccc2)n1. The molecular formula is C12H9N3. The van der Waals surface area contributed by atoms with E-state index in [0.717, 1.165) is 5.56 Å². The zero-order valence-corrected chi connectivity index (χ0v) is 8.09. The lowest BCUT2D eigenvalue weighted by molar-refractivity contribution is 0.957. The van der Waals surface area contributed by atoms with Crippen LogP contribution in [0.3, 0.4) is 0 Å². The van der Waals surface area contributed by atoms with Crippen LogP contribution in [0.15, 0.2) is 42.6 Å². The Morgan fingerprint density at radius 3 is 2.67 bits per heavy atom.